The maximum absolute atomic E-state index is 12.2. The van der Waals surface area contributed by atoms with Gasteiger partial charge in [0.15, 0.2) is 0 Å². The highest BCUT2D eigenvalue weighted by atomic mass is 79.9. The predicted octanol–water partition coefficient (Wildman–Crippen LogP) is 3.45. The van der Waals surface area contributed by atoms with E-state index in [9.17, 15) is 4.79 Å². The number of carbonyl (C=O) groups is 1. The van der Waals surface area contributed by atoms with Gasteiger partial charge in [-0.15, -0.1) is 0 Å². The molecule has 0 aliphatic rings. The number of hydrogen-bond donors (Lipinski definition) is 0. The van der Waals surface area contributed by atoms with E-state index in [0.29, 0.717) is 12.5 Å². The lowest BCUT2D eigenvalue weighted by molar-refractivity contribution is -0.131. The van der Waals surface area contributed by atoms with Crippen LogP contribution in [0, 0.1) is 5.92 Å². The molecule has 0 aliphatic heterocycles. The van der Waals surface area contributed by atoms with Crippen molar-refractivity contribution in [3.05, 3.63) is 35.9 Å². The molecule has 0 bridgehead atoms. The zero-order valence-electron chi connectivity index (χ0n) is 10.7. The summed E-state index contributed by atoms with van der Waals surface area (Å²) in [6.45, 7) is 7.54. The number of rotatable bonds is 5. The second-order valence-electron chi connectivity index (χ2n) is 4.48. The van der Waals surface area contributed by atoms with E-state index in [2.05, 4.69) is 28.1 Å². The highest BCUT2D eigenvalue weighted by Gasteiger charge is 2.23. The first-order valence-electron chi connectivity index (χ1n) is 6.03. The predicted molar refractivity (Wildman–Crippen MR) is 75.1 cm³/mol. The van der Waals surface area contributed by atoms with E-state index in [0.717, 1.165) is 6.54 Å². The van der Waals surface area contributed by atoms with Crippen LogP contribution in [0.15, 0.2) is 30.3 Å². The molecule has 0 saturated carbocycles. The third-order valence-corrected chi connectivity index (χ3v) is 4.18. The topological polar surface area (TPSA) is 20.3 Å². The summed E-state index contributed by atoms with van der Waals surface area (Å²) in [7, 11) is 0. The number of carbonyl (C=O) groups excluding carboxylic acids is 1. The fourth-order valence-corrected chi connectivity index (χ4v) is 1.90. The zero-order valence-corrected chi connectivity index (χ0v) is 12.3. The van der Waals surface area contributed by atoms with Crippen LogP contribution in [-0.4, -0.2) is 22.2 Å². The molecule has 0 spiro atoms. The Bertz CT molecular complexity index is 350. The van der Waals surface area contributed by atoms with E-state index in [-0.39, 0.29) is 10.7 Å². The standard InChI is InChI=1S/C14H20BrNO/c1-4-16(14(17)13(15)11(2)3)10-12-8-6-5-7-9-12/h5-9,11,13H,4,10H2,1-3H3. The van der Waals surface area contributed by atoms with Crippen molar-refractivity contribution in [3.8, 4) is 0 Å². The van der Waals surface area contributed by atoms with Gasteiger partial charge in [-0.3, -0.25) is 4.79 Å². The zero-order chi connectivity index (χ0) is 12.8. The number of amides is 1. The minimum Gasteiger partial charge on any atom is -0.338 e. The molecule has 0 aromatic heterocycles. The Morgan fingerprint density at radius 1 is 1.29 bits per heavy atom. The average Bonchev–Trinajstić information content (AvgIpc) is 2.35. The molecule has 1 atom stereocenters. The van der Waals surface area contributed by atoms with E-state index in [1.165, 1.54) is 5.56 Å². The quantitative estimate of drug-likeness (QED) is 0.762. The molecule has 94 valence electrons. The average molecular weight is 298 g/mol. The summed E-state index contributed by atoms with van der Waals surface area (Å²) in [6.07, 6.45) is 0. The Balaban J connectivity index is 2.69. The smallest absolute Gasteiger partial charge is 0.236 e. The third kappa shape index (κ3) is 4.15. The maximum Gasteiger partial charge on any atom is 0.236 e. The Hall–Kier alpha value is -0.830. The van der Waals surface area contributed by atoms with Crippen LogP contribution >= 0.6 is 15.9 Å². The molecule has 0 heterocycles. The van der Waals surface area contributed by atoms with Gasteiger partial charge in [0.2, 0.25) is 5.91 Å². The number of alkyl halides is 1. The van der Waals surface area contributed by atoms with Gasteiger partial charge in [0.1, 0.15) is 0 Å². The molecule has 0 radical (unpaired) electrons. The van der Waals surface area contributed by atoms with E-state index < -0.39 is 0 Å². The van der Waals surface area contributed by atoms with Gasteiger partial charge in [-0.25, -0.2) is 0 Å². The fraction of sp³-hybridized carbons (Fsp3) is 0.500. The summed E-state index contributed by atoms with van der Waals surface area (Å²) in [6, 6.07) is 10.1. The van der Waals surface area contributed by atoms with Crippen molar-refractivity contribution in [1.29, 1.82) is 0 Å². The lowest BCUT2D eigenvalue weighted by Gasteiger charge is -2.25. The Morgan fingerprint density at radius 2 is 1.88 bits per heavy atom. The Morgan fingerprint density at radius 3 is 2.35 bits per heavy atom. The second kappa shape index (κ2) is 6.80. The number of halogens is 1. The van der Waals surface area contributed by atoms with Gasteiger partial charge in [0.25, 0.3) is 0 Å². The molecule has 17 heavy (non-hydrogen) atoms. The molecule has 3 heteroatoms. The Kier molecular flexibility index (Phi) is 5.69. The molecule has 1 unspecified atom stereocenters. The fourth-order valence-electron chi connectivity index (χ4n) is 1.61. The summed E-state index contributed by atoms with van der Waals surface area (Å²) in [5.74, 6) is 0.485. The molecule has 0 N–H and O–H groups in total. The second-order valence-corrected chi connectivity index (χ2v) is 5.47. The van der Waals surface area contributed by atoms with Gasteiger partial charge in [-0.05, 0) is 18.4 Å². The number of nitrogens with zero attached hydrogens (tertiary/aromatic N) is 1. The minimum atomic E-state index is -0.0915. The van der Waals surface area contributed by atoms with Crippen LogP contribution in [-0.2, 0) is 11.3 Å². The van der Waals surface area contributed by atoms with Crippen LogP contribution in [0.25, 0.3) is 0 Å². The molecule has 2 nitrogen and oxygen atoms in total. The summed E-state index contributed by atoms with van der Waals surface area (Å²) in [4.78, 5) is 14.0. The van der Waals surface area contributed by atoms with Gasteiger partial charge in [0, 0.05) is 13.1 Å². The molecule has 1 aromatic rings. The lowest BCUT2D eigenvalue weighted by Crippen LogP contribution is -2.38. The minimum absolute atomic E-state index is 0.0915. The van der Waals surface area contributed by atoms with Crippen molar-refractivity contribution in [2.24, 2.45) is 5.92 Å². The summed E-state index contributed by atoms with van der Waals surface area (Å²) in [5, 5.41) is 0. The third-order valence-electron chi connectivity index (χ3n) is 2.73. The van der Waals surface area contributed by atoms with Crippen molar-refractivity contribution in [1.82, 2.24) is 4.90 Å². The highest BCUT2D eigenvalue weighted by Crippen LogP contribution is 2.16. The van der Waals surface area contributed by atoms with Crippen molar-refractivity contribution in [3.63, 3.8) is 0 Å². The monoisotopic (exact) mass is 297 g/mol. The first-order chi connectivity index (χ1) is 8.06. The molecule has 0 saturated heterocycles. The van der Waals surface area contributed by atoms with Gasteiger partial charge in [0.05, 0.1) is 4.83 Å². The van der Waals surface area contributed by atoms with Gasteiger partial charge < -0.3 is 4.90 Å². The summed E-state index contributed by atoms with van der Waals surface area (Å²) in [5.41, 5.74) is 1.17. The molecule has 1 rings (SSSR count). The van der Waals surface area contributed by atoms with Crippen LogP contribution in [0.5, 0.6) is 0 Å². The normalized spacial score (nSPS) is 12.5. The van der Waals surface area contributed by atoms with Crippen LogP contribution in [0.4, 0.5) is 0 Å². The molecule has 1 aromatic carbocycles. The highest BCUT2D eigenvalue weighted by molar-refractivity contribution is 9.10. The molecule has 1 amide bonds. The molecule has 0 aliphatic carbocycles. The van der Waals surface area contributed by atoms with Crippen molar-refractivity contribution < 1.29 is 4.79 Å². The molecular formula is C14H20BrNO. The van der Waals surface area contributed by atoms with Gasteiger partial charge >= 0.3 is 0 Å². The van der Waals surface area contributed by atoms with E-state index >= 15 is 0 Å². The van der Waals surface area contributed by atoms with E-state index in [1.807, 2.05) is 43.9 Å². The van der Waals surface area contributed by atoms with Crippen molar-refractivity contribution in [2.45, 2.75) is 32.1 Å². The summed E-state index contributed by atoms with van der Waals surface area (Å²) >= 11 is 3.47. The SMILES string of the molecule is CCN(Cc1ccccc1)C(=O)C(Br)C(C)C. The largest absolute Gasteiger partial charge is 0.338 e. The lowest BCUT2D eigenvalue weighted by atomic mass is 10.1. The van der Waals surface area contributed by atoms with Gasteiger partial charge in [-0.2, -0.15) is 0 Å². The maximum atomic E-state index is 12.2. The van der Waals surface area contributed by atoms with Crippen molar-refractivity contribution in [2.75, 3.05) is 6.54 Å². The van der Waals surface area contributed by atoms with E-state index in [4.69, 9.17) is 0 Å². The number of hydrogen-bond acceptors (Lipinski definition) is 1. The Labute approximate surface area is 112 Å². The number of benzene rings is 1. The molecular weight excluding hydrogens is 278 g/mol. The first-order valence-corrected chi connectivity index (χ1v) is 6.94. The van der Waals surface area contributed by atoms with Crippen LogP contribution in [0.1, 0.15) is 26.3 Å². The van der Waals surface area contributed by atoms with Gasteiger partial charge in [-0.1, -0.05) is 60.1 Å². The first kappa shape index (κ1) is 14.2. The van der Waals surface area contributed by atoms with Crippen molar-refractivity contribution >= 4 is 21.8 Å². The molecule has 0 fully saturated rings. The van der Waals surface area contributed by atoms with Crippen LogP contribution < -0.4 is 0 Å². The summed E-state index contributed by atoms with van der Waals surface area (Å²) < 4.78 is 0. The van der Waals surface area contributed by atoms with Crippen LogP contribution in [0.2, 0.25) is 0 Å². The van der Waals surface area contributed by atoms with E-state index in [1.54, 1.807) is 0 Å². The van der Waals surface area contributed by atoms with Crippen LogP contribution in [0.3, 0.4) is 0 Å².